The number of carbonyl (C=O) groups is 2. The summed E-state index contributed by atoms with van der Waals surface area (Å²) in [6.45, 7) is 0.592. The largest absolute Gasteiger partial charge is 0.394 e. The van der Waals surface area contributed by atoms with E-state index < -0.39 is 12.6 Å². The molecule has 0 radical (unpaired) electrons. The summed E-state index contributed by atoms with van der Waals surface area (Å²) in [5.41, 5.74) is 4.56. The van der Waals surface area contributed by atoms with Crippen LogP contribution in [-0.4, -0.2) is 46.0 Å². The number of hydrogen-bond donors (Lipinski definition) is 3. The lowest BCUT2D eigenvalue weighted by atomic mass is 9.90. The number of amides is 2. The molecule has 0 saturated carbocycles. The number of hydrogen-bond acceptors (Lipinski definition) is 3. The summed E-state index contributed by atoms with van der Waals surface area (Å²) in [6, 6.07) is 26.7. The minimum Gasteiger partial charge on any atom is -0.394 e. The Balaban J connectivity index is 1.00. The number of benzene rings is 5. The average molecular weight is 530 g/mol. The molecule has 1 atom stereocenters. The lowest BCUT2D eigenvalue weighted by Crippen LogP contribution is -2.51. The van der Waals surface area contributed by atoms with Crippen molar-refractivity contribution in [3.05, 3.63) is 95.7 Å². The minimum absolute atomic E-state index is 0.214. The highest BCUT2D eigenvalue weighted by molar-refractivity contribution is 6.23. The highest BCUT2D eigenvalue weighted by atomic mass is 16.3. The molecule has 1 unspecified atom stereocenters. The van der Waals surface area contributed by atoms with Gasteiger partial charge in [0.05, 0.1) is 13.2 Å². The summed E-state index contributed by atoms with van der Waals surface area (Å²) in [6.07, 6.45) is 2.45. The van der Waals surface area contributed by atoms with E-state index in [4.69, 9.17) is 0 Å². The van der Waals surface area contributed by atoms with Gasteiger partial charge in [-0.25, -0.2) is 0 Å². The van der Waals surface area contributed by atoms with Gasteiger partial charge in [-0.2, -0.15) is 0 Å². The minimum atomic E-state index is -0.937. The van der Waals surface area contributed by atoms with Crippen LogP contribution in [0.5, 0.6) is 0 Å². The fourth-order valence-electron chi connectivity index (χ4n) is 6.51. The molecule has 1 aliphatic heterocycles. The van der Waals surface area contributed by atoms with Gasteiger partial charge in [0, 0.05) is 29.6 Å². The van der Waals surface area contributed by atoms with Crippen molar-refractivity contribution >= 4 is 55.0 Å². The molecule has 0 bridgehead atoms. The summed E-state index contributed by atoms with van der Waals surface area (Å²) in [5, 5.41) is 21.5. The van der Waals surface area contributed by atoms with Crippen LogP contribution in [0, 0.1) is 0 Å². The third-order valence-electron chi connectivity index (χ3n) is 8.48. The normalized spacial score (nSPS) is 14.3. The summed E-state index contributed by atoms with van der Waals surface area (Å²) in [7, 11) is 0. The van der Waals surface area contributed by atoms with Crippen molar-refractivity contribution < 1.29 is 14.7 Å². The van der Waals surface area contributed by atoms with Crippen LogP contribution < -0.4 is 5.32 Å². The second kappa shape index (κ2) is 9.96. The van der Waals surface area contributed by atoms with Gasteiger partial charge in [0.25, 0.3) is 0 Å². The van der Waals surface area contributed by atoms with Crippen molar-refractivity contribution in [3.63, 3.8) is 0 Å². The number of nitrogens with one attached hydrogen (secondary N) is 2. The van der Waals surface area contributed by atoms with Crippen molar-refractivity contribution in [2.24, 2.45) is 0 Å². The summed E-state index contributed by atoms with van der Waals surface area (Å²) in [5.74, 6) is -0.458. The van der Waals surface area contributed by atoms with E-state index in [9.17, 15) is 14.7 Å². The number of nitrogens with zero attached hydrogens (tertiary/aromatic N) is 1. The molecule has 200 valence electrons. The molecule has 2 heterocycles. The molecule has 2 amide bonds. The van der Waals surface area contributed by atoms with Crippen LogP contribution in [0.25, 0.3) is 43.2 Å². The first-order valence-electron chi connectivity index (χ1n) is 14.0. The van der Waals surface area contributed by atoms with Gasteiger partial charge < -0.3 is 20.3 Å². The first-order chi connectivity index (χ1) is 19.6. The number of carbonyl (C=O) groups excluding carboxylic acids is 2. The van der Waals surface area contributed by atoms with Crippen molar-refractivity contribution in [1.82, 2.24) is 15.2 Å². The Labute approximate surface area is 231 Å². The Morgan fingerprint density at radius 3 is 2.45 bits per heavy atom. The van der Waals surface area contributed by atoms with Gasteiger partial charge in [0.15, 0.2) is 0 Å². The second-order valence-corrected chi connectivity index (χ2v) is 10.9. The van der Waals surface area contributed by atoms with Gasteiger partial charge in [0.2, 0.25) is 11.8 Å². The lowest BCUT2D eigenvalue weighted by Gasteiger charge is -2.30. The number of aliphatic hydroxyl groups is 1. The van der Waals surface area contributed by atoms with Gasteiger partial charge in [-0.05, 0) is 68.8 Å². The van der Waals surface area contributed by atoms with Crippen LogP contribution in [0.1, 0.15) is 29.7 Å². The molecule has 40 heavy (non-hydrogen) atoms. The Morgan fingerprint density at radius 1 is 0.875 bits per heavy atom. The van der Waals surface area contributed by atoms with E-state index in [0.29, 0.717) is 19.5 Å². The van der Waals surface area contributed by atoms with E-state index in [1.54, 1.807) is 4.90 Å². The molecule has 0 saturated heterocycles. The Kier molecular flexibility index (Phi) is 6.13. The smallest absolute Gasteiger partial charge is 0.247 e. The molecule has 3 N–H and O–H groups in total. The van der Waals surface area contributed by atoms with Crippen LogP contribution in [0.15, 0.2) is 78.9 Å². The van der Waals surface area contributed by atoms with E-state index in [2.05, 4.69) is 71.0 Å². The van der Waals surface area contributed by atoms with Crippen molar-refractivity contribution in [3.8, 4) is 0 Å². The third kappa shape index (κ3) is 4.16. The number of aliphatic hydroxyl groups excluding tert-OH is 1. The van der Waals surface area contributed by atoms with Crippen molar-refractivity contribution in [1.29, 1.82) is 0 Å². The van der Waals surface area contributed by atoms with Crippen LogP contribution in [-0.2, 0) is 29.0 Å². The molecule has 6 nitrogen and oxygen atoms in total. The van der Waals surface area contributed by atoms with Gasteiger partial charge in [-0.15, -0.1) is 0 Å². The van der Waals surface area contributed by atoms with Gasteiger partial charge in [-0.3, -0.25) is 9.59 Å². The monoisotopic (exact) mass is 529 g/mol. The Hall–Kier alpha value is -4.42. The number of aromatic amines is 1. The SMILES string of the molecule is O=C(CCCc1ccc2ccc3cccc4ccc1c2c34)NC(CO)C(=O)N1CCc2c([nH]c3ccccc23)C1. The fraction of sp³-hybridized carbons (Fsp3) is 0.235. The zero-order chi connectivity index (χ0) is 27.2. The molecule has 0 aliphatic carbocycles. The first kappa shape index (κ1) is 24.6. The number of rotatable bonds is 7. The fourth-order valence-corrected chi connectivity index (χ4v) is 6.51. The van der Waals surface area contributed by atoms with E-state index >= 15 is 0 Å². The van der Waals surface area contributed by atoms with Gasteiger partial charge in [0.1, 0.15) is 6.04 Å². The van der Waals surface area contributed by atoms with Crippen LogP contribution in [0.4, 0.5) is 0 Å². The molecule has 6 aromatic rings. The Bertz CT molecular complexity index is 1870. The number of H-pyrrole nitrogens is 1. The van der Waals surface area contributed by atoms with Crippen LogP contribution in [0.3, 0.4) is 0 Å². The molecule has 6 heteroatoms. The summed E-state index contributed by atoms with van der Waals surface area (Å²) in [4.78, 5) is 31.2. The maximum absolute atomic E-state index is 13.2. The number of fused-ring (bicyclic) bond motifs is 3. The summed E-state index contributed by atoms with van der Waals surface area (Å²) < 4.78 is 0. The molecular weight excluding hydrogens is 498 g/mol. The lowest BCUT2D eigenvalue weighted by molar-refractivity contribution is -0.138. The van der Waals surface area contributed by atoms with E-state index in [1.165, 1.54) is 48.8 Å². The predicted octanol–water partition coefficient (Wildman–Crippen LogP) is 5.45. The molecule has 1 aliphatic rings. The molecule has 0 fully saturated rings. The molecule has 7 rings (SSSR count). The topological polar surface area (TPSA) is 85.4 Å². The van der Waals surface area contributed by atoms with Gasteiger partial charge in [-0.1, -0.05) is 72.8 Å². The zero-order valence-electron chi connectivity index (χ0n) is 22.2. The molecule has 0 spiro atoms. The van der Waals surface area contributed by atoms with E-state index in [0.717, 1.165) is 24.1 Å². The standard InChI is InChI=1S/C34H31N3O3/c38-20-30(34(40)37-18-17-27-26-8-1-2-9-28(26)35-29(27)19-37)36-31(39)10-4-5-21-11-12-24-14-13-22-6-3-7-23-15-16-25(21)33(24)32(22)23/h1-3,6-9,11-16,30,35,38H,4-5,10,17-20H2,(H,36,39). The van der Waals surface area contributed by atoms with Gasteiger partial charge >= 0.3 is 0 Å². The molecule has 1 aromatic heterocycles. The maximum Gasteiger partial charge on any atom is 0.247 e. The zero-order valence-corrected chi connectivity index (χ0v) is 22.2. The average Bonchev–Trinajstić information content (AvgIpc) is 3.37. The molecule has 5 aromatic carbocycles. The highest BCUT2D eigenvalue weighted by Crippen LogP contribution is 2.36. The van der Waals surface area contributed by atoms with Crippen molar-refractivity contribution in [2.45, 2.75) is 38.3 Å². The maximum atomic E-state index is 13.2. The third-order valence-corrected chi connectivity index (χ3v) is 8.48. The molecular formula is C34H31N3O3. The second-order valence-electron chi connectivity index (χ2n) is 10.9. The number of aryl methyl sites for hydroxylation is 1. The predicted molar refractivity (Wildman–Crippen MR) is 160 cm³/mol. The quantitative estimate of drug-likeness (QED) is 0.241. The van der Waals surface area contributed by atoms with E-state index in [1.807, 2.05) is 18.2 Å². The number of aromatic nitrogens is 1. The van der Waals surface area contributed by atoms with Crippen LogP contribution >= 0.6 is 0 Å². The van der Waals surface area contributed by atoms with Crippen molar-refractivity contribution in [2.75, 3.05) is 13.2 Å². The number of para-hydroxylation sites is 1. The summed E-state index contributed by atoms with van der Waals surface area (Å²) >= 11 is 0. The Morgan fingerprint density at radius 2 is 1.62 bits per heavy atom. The first-order valence-corrected chi connectivity index (χ1v) is 14.0. The highest BCUT2D eigenvalue weighted by Gasteiger charge is 2.29. The van der Waals surface area contributed by atoms with E-state index in [-0.39, 0.29) is 18.2 Å². The van der Waals surface area contributed by atoms with Crippen LogP contribution in [0.2, 0.25) is 0 Å².